The molecule has 1 aromatic carbocycles. The number of amides is 1. The van der Waals surface area contributed by atoms with Gasteiger partial charge in [0.15, 0.2) is 11.5 Å². The first-order chi connectivity index (χ1) is 10.5. The molecule has 0 bridgehead atoms. The highest BCUT2D eigenvalue weighted by Crippen LogP contribution is 2.36. The zero-order valence-corrected chi connectivity index (χ0v) is 15.2. The van der Waals surface area contributed by atoms with Crippen LogP contribution in [0, 0.1) is 0 Å². The summed E-state index contributed by atoms with van der Waals surface area (Å²) in [6.45, 7) is 8.15. The first-order valence-electron chi connectivity index (χ1n) is 7.55. The second-order valence-corrected chi connectivity index (χ2v) is 5.86. The maximum absolute atomic E-state index is 12.2. The van der Waals surface area contributed by atoms with Crippen molar-refractivity contribution >= 4 is 21.8 Å². The molecule has 0 saturated heterocycles. The summed E-state index contributed by atoms with van der Waals surface area (Å²) in [5, 5.41) is 6.16. The number of nitrogens with one attached hydrogen (secondary N) is 2. The molecule has 0 aliphatic rings. The van der Waals surface area contributed by atoms with Gasteiger partial charge in [0.25, 0.3) is 5.91 Å². The Morgan fingerprint density at radius 2 is 2.09 bits per heavy atom. The van der Waals surface area contributed by atoms with Crippen LogP contribution in [0.4, 0.5) is 0 Å². The monoisotopic (exact) mass is 372 g/mol. The van der Waals surface area contributed by atoms with Crippen molar-refractivity contribution < 1.29 is 14.3 Å². The molecule has 0 saturated carbocycles. The van der Waals surface area contributed by atoms with Gasteiger partial charge in [0.05, 0.1) is 18.2 Å². The van der Waals surface area contributed by atoms with E-state index in [1.54, 1.807) is 19.2 Å². The molecule has 0 radical (unpaired) electrons. The molecule has 1 aromatic rings. The lowest BCUT2D eigenvalue weighted by Gasteiger charge is -2.15. The van der Waals surface area contributed by atoms with Gasteiger partial charge in [-0.15, -0.1) is 0 Å². The fraction of sp³-hybridized carbons (Fsp3) is 0.562. The van der Waals surface area contributed by atoms with Crippen molar-refractivity contribution in [3.05, 3.63) is 22.2 Å². The fourth-order valence-corrected chi connectivity index (χ4v) is 2.52. The SMILES string of the molecule is CCCOc1c(Br)cc(C(=O)NC[C@@H](C)NCC)cc1OC. The van der Waals surface area contributed by atoms with E-state index in [1.807, 2.05) is 20.8 Å². The molecule has 5 nitrogen and oxygen atoms in total. The van der Waals surface area contributed by atoms with Crippen molar-refractivity contribution in [3.63, 3.8) is 0 Å². The molecule has 0 aliphatic carbocycles. The standard InChI is InChI=1S/C16H25BrN2O3/c1-5-7-22-15-13(17)8-12(9-14(15)21-4)16(20)19-10-11(3)18-6-2/h8-9,11,18H,5-7,10H2,1-4H3,(H,19,20)/t11-/m1/s1. The lowest BCUT2D eigenvalue weighted by molar-refractivity contribution is 0.0949. The van der Waals surface area contributed by atoms with E-state index in [-0.39, 0.29) is 11.9 Å². The third-order valence-corrected chi connectivity index (χ3v) is 3.65. The van der Waals surface area contributed by atoms with Gasteiger partial charge < -0.3 is 20.1 Å². The Morgan fingerprint density at radius 1 is 1.36 bits per heavy atom. The Kier molecular flexibility index (Phi) is 8.27. The second-order valence-electron chi connectivity index (χ2n) is 5.01. The molecule has 124 valence electrons. The topological polar surface area (TPSA) is 59.6 Å². The average molecular weight is 373 g/mol. The zero-order valence-electron chi connectivity index (χ0n) is 13.7. The Hall–Kier alpha value is -1.27. The summed E-state index contributed by atoms with van der Waals surface area (Å²) < 4.78 is 11.7. The van der Waals surface area contributed by atoms with Gasteiger partial charge in [0, 0.05) is 18.2 Å². The molecule has 2 N–H and O–H groups in total. The predicted octanol–water partition coefficient (Wildman–Crippen LogP) is 2.97. The van der Waals surface area contributed by atoms with E-state index < -0.39 is 0 Å². The molecule has 0 aliphatic heterocycles. The summed E-state index contributed by atoms with van der Waals surface area (Å²) in [5.41, 5.74) is 0.538. The summed E-state index contributed by atoms with van der Waals surface area (Å²) in [5.74, 6) is 1.04. The van der Waals surface area contributed by atoms with Crippen LogP contribution in [0.3, 0.4) is 0 Å². The van der Waals surface area contributed by atoms with Gasteiger partial charge in [-0.1, -0.05) is 13.8 Å². The van der Waals surface area contributed by atoms with Crippen LogP contribution >= 0.6 is 15.9 Å². The van der Waals surface area contributed by atoms with E-state index in [1.165, 1.54) is 0 Å². The van der Waals surface area contributed by atoms with Crippen LogP contribution in [0.5, 0.6) is 11.5 Å². The quantitative estimate of drug-likeness (QED) is 0.699. The van der Waals surface area contributed by atoms with Crippen LogP contribution in [0.2, 0.25) is 0 Å². The van der Waals surface area contributed by atoms with Gasteiger partial charge in [-0.2, -0.15) is 0 Å². The molecule has 22 heavy (non-hydrogen) atoms. The number of carbonyl (C=O) groups excluding carboxylic acids is 1. The second kappa shape index (κ2) is 9.69. The molecule has 1 atom stereocenters. The summed E-state index contributed by atoms with van der Waals surface area (Å²) in [6.07, 6.45) is 0.903. The van der Waals surface area contributed by atoms with Crippen molar-refractivity contribution in [1.82, 2.24) is 10.6 Å². The van der Waals surface area contributed by atoms with Gasteiger partial charge in [0.2, 0.25) is 0 Å². The fourth-order valence-electron chi connectivity index (χ4n) is 1.96. The highest BCUT2D eigenvalue weighted by atomic mass is 79.9. The summed E-state index contributed by atoms with van der Waals surface area (Å²) in [7, 11) is 1.56. The van der Waals surface area contributed by atoms with Crippen molar-refractivity contribution in [2.75, 3.05) is 26.8 Å². The van der Waals surface area contributed by atoms with E-state index in [0.29, 0.717) is 34.7 Å². The molecule has 1 rings (SSSR count). The van der Waals surface area contributed by atoms with Crippen molar-refractivity contribution in [3.8, 4) is 11.5 Å². The van der Waals surface area contributed by atoms with Gasteiger partial charge in [-0.3, -0.25) is 4.79 Å². The smallest absolute Gasteiger partial charge is 0.251 e. The summed E-state index contributed by atoms with van der Waals surface area (Å²) in [4.78, 5) is 12.2. The van der Waals surface area contributed by atoms with Crippen LogP contribution in [0.1, 0.15) is 37.6 Å². The van der Waals surface area contributed by atoms with Crippen LogP contribution in [-0.4, -0.2) is 38.8 Å². The first kappa shape index (κ1) is 18.8. The number of hydrogen-bond donors (Lipinski definition) is 2. The molecular weight excluding hydrogens is 348 g/mol. The largest absolute Gasteiger partial charge is 0.493 e. The minimum Gasteiger partial charge on any atom is -0.493 e. The van der Waals surface area contributed by atoms with Crippen molar-refractivity contribution in [2.24, 2.45) is 0 Å². The number of methoxy groups -OCH3 is 1. The molecule has 0 fully saturated rings. The van der Waals surface area contributed by atoms with Crippen LogP contribution in [0.15, 0.2) is 16.6 Å². The molecule has 0 spiro atoms. The number of rotatable bonds is 9. The van der Waals surface area contributed by atoms with E-state index in [0.717, 1.165) is 13.0 Å². The van der Waals surface area contributed by atoms with Crippen LogP contribution in [-0.2, 0) is 0 Å². The Bertz CT molecular complexity index is 495. The average Bonchev–Trinajstić information content (AvgIpc) is 2.51. The third-order valence-electron chi connectivity index (χ3n) is 3.06. The molecular formula is C16H25BrN2O3. The van der Waals surface area contributed by atoms with E-state index >= 15 is 0 Å². The van der Waals surface area contributed by atoms with E-state index in [4.69, 9.17) is 9.47 Å². The maximum atomic E-state index is 12.2. The number of halogens is 1. The normalized spacial score (nSPS) is 11.9. The van der Waals surface area contributed by atoms with Gasteiger partial charge in [-0.05, 0) is 48.0 Å². The maximum Gasteiger partial charge on any atom is 0.251 e. The lowest BCUT2D eigenvalue weighted by atomic mass is 10.2. The number of ether oxygens (including phenoxy) is 2. The minimum absolute atomic E-state index is 0.134. The Morgan fingerprint density at radius 3 is 2.68 bits per heavy atom. The number of benzene rings is 1. The molecule has 0 heterocycles. The van der Waals surface area contributed by atoms with Crippen LogP contribution in [0.25, 0.3) is 0 Å². The zero-order chi connectivity index (χ0) is 16.5. The van der Waals surface area contributed by atoms with Gasteiger partial charge in [0.1, 0.15) is 0 Å². The van der Waals surface area contributed by atoms with Crippen molar-refractivity contribution in [2.45, 2.75) is 33.2 Å². The molecule has 6 heteroatoms. The number of carbonyl (C=O) groups is 1. The third kappa shape index (κ3) is 5.50. The number of hydrogen-bond acceptors (Lipinski definition) is 4. The molecule has 0 aromatic heterocycles. The summed E-state index contributed by atoms with van der Waals surface area (Å²) >= 11 is 3.44. The van der Waals surface area contributed by atoms with Crippen LogP contribution < -0.4 is 20.1 Å². The summed E-state index contributed by atoms with van der Waals surface area (Å²) in [6, 6.07) is 3.68. The Balaban J connectivity index is 2.82. The van der Waals surface area contributed by atoms with Gasteiger partial charge >= 0.3 is 0 Å². The predicted molar refractivity (Wildman–Crippen MR) is 92.0 cm³/mol. The lowest BCUT2D eigenvalue weighted by Crippen LogP contribution is -2.38. The molecule has 1 amide bonds. The van der Waals surface area contributed by atoms with E-state index in [2.05, 4.69) is 26.6 Å². The van der Waals surface area contributed by atoms with Crippen molar-refractivity contribution in [1.29, 1.82) is 0 Å². The number of likely N-dealkylation sites (N-methyl/N-ethyl adjacent to an activating group) is 1. The highest BCUT2D eigenvalue weighted by molar-refractivity contribution is 9.10. The van der Waals surface area contributed by atoms with Gasteiger partial charge in [-0.25, -0.2) is 0 Å². The van der Waals surface area contributed by atoms with E-state index in [9.17, 15) is 4.79 Å². The molecule has 0 unspecified atom stereocenters. The minimum atomic E-state index is -0.134. The highest BCUT2D eigenvalue weighted by Gasteiger charge is 2.15. The first-order valence-corrected chi connectivity index (χ1v) is 8.34. The Labute approximate surface area is 140 Å².